The highest BCUT2D eigenvalue weighted by atomic mass is 35.5. The molecule has 0 spiro atoms. The van der Waals surface area contributed by atoms with Crippen LogP contribution >= 0.6 is 11.6 Å². The average molecular weight is 444 g/mol. The summed E-state index contributed by atoms with van der Waals surface area (Å²) >= 11 is 5.63. The normalized spacial score (nSPS) is 10.7. The van der Waals surface area contributed by atoms with Crippen LogP contribution in [0.5, 0.6) is 5.75 Å². The zero-order chi connectivity index (χ0) is 22.2. The highest BCUT2D eigenvalue weighted by Crippen LogP contribution is 2.19. The number of benzene rings is 3. The van der Waals surface area contributed by atoms with Crippen molar-refractivity contribution in [3.8, 4) is 5.75 Å². The lowest BCUT2D eigenvalue weighted by Gasteiger charge is -2.07. The van der Waals surface area contributed by atoms with E-state index in [-0.39, 0.29) is 23.1 Å². The Bertz CT molecular complexity index is 1140. The van der Waals surface area contributed by atoms with E-state index in [1.807, 2.05) is 0 Å². The van der Waals surface area contributed by atoms with Crippen LogP contribution in [0.3, 0.4) is 0 Å². The van der Waals surface area contributed by atoms with Gasteiger partial charge in [0, 0.05) is 11.3 Å². The molecule has 2 N–H and O–H groups in total. The van der Waals surface area contributed by atoms with Gasteiger partial charge in [-0.3, -0.25) is 9.59 Å². The predicted octanol–water partition coefficient (Wildman–Crippen LogP) is 4.29. The Morgan fingerprint density at radius 1 is 0.968 bits per heavy atom. The quantitative estimate of drug-likeness (QED) is 0.339. The third kappa shape index (κ3) is 6.35. The van der Waals surface area contributed by atoms with E-state index >= 15 is 0 Å². The molecular formula is C22H16ClF2N3O3. The molecule has 31 heavy (non-hydrogen) atoms. The second kappa shape index (κ2) is 10.3. The van der Waals surface area contributed by atoms with E-state index in [2.05, 4.69) is 15.8 Å². The van der Waals surface area contributed by atoms with Crippen molar-refractivity contribution in [3.05, 3.63) is 94.5 Å². The first-order chi connectivity index (χ1) is 14.9. The highest BCUT2D eigenvalue weighted by molar-refractivity contribution is 6.39. The van der Waals surface area contributed by atoms with Gasteiger partial charge in [-0.15, -0.1) is 0 Å². The maximum atomic E-state index is 13.7. The zero-order valence-corrected chi connectivity index (χ0v) is 16.7. The average Bonchev–Trinajstić information content (AvgIpc) is 2.76. The van der Waals surface area contributed by atoms with Gasteiger partial charge in [0.1, 0.15) is 24.0 Å². The van der Waals surface area contributed by atoms with Gasteiger partial charge in [-0.2, -0.15) is 5.10 Å². The van der Waals surface area contributed by atoms with Crippen molar-refractivity contribution < 1.29 is 23.1 Å². The lowest BCUT2D eigenvalue weighted by atomic mass is 10.2. The van der Waals surface area contributed by atoms with Crippen LogP contribution in [0.1, 0.15) is 11.1 Å². The second-order valence-electron chi connectivity index (χ2n) is 6.23. The number of hydrogen-bond acceptors (Lipinski definition) is 4. The van der Waals surface area contributed by atoms with Crippen molar-refractivity contribution in [2.75, 3.05) is 5.32 Å². The number of rotatable bonds is 6. The highest BCUT2D eigenvalue weighted by Gasteiger charge is 2.13. The molecule has 0 aliphatic heterocycles. The summed E-state index contributed by atoms with van der Waals surface area (Å²) < 4.78 is 32.4. The van der Waals surface area contributed by atoms with Gasteiger partial charge < -0.3 is 10.1 Å². The van der Waals surface area contributed by atoms with Crippen molar-refractivity contribution in [2.45, 2.75) is 6.61 Å². The summed E-state index contributed by atoms with van der Waals surface area (Å²) in [5, 5.41) is 5.81. The zero-order valence-electron chi connectivity index (χ0n) is 15.9. The van der Waals surface area contributed by atoms with E-state index < -0.39 is 17.6 Å². The molecule has 0 aromatic heterocycles. The second-order valence-corrected chi connectivity index (χ2v) is 6.64. The molecule has 0 atom stereocenters. The van der Waals surface area contributed by atoms with Crippen LogP contribution < -0.4 is 15.5 Å². The van der Waals surface area contributed by atoms with Crippen LogP contribution in [0.15, 0.2) is 71.8 Å². The van der Waals surface area contributed by atoms with E-state index in [0.29, 0.717) is 16.9 Å². The number of halogens is 3. The summed E-state index contributed by atoms with van der Waals surface area (Å²) in [7, 11) is 0. The Labute approximate surface area is 181 Å². The monoisotopic (exact) mass is 443 g/mol. The molecule has 158 valence electrons. The largest absolute Gasteiger partial charge is 0.489 e. The number of ether oxygens (including phenoxy) is 1. The molecule has 6 nitrogen and oxygen atoms in total. The maximum absolute atomic E-state index is 13.7. The molecule has 0 aliphatic rings. The van der Waals surface area contributed by atoms with Gasteiger partial charge in [0.2, 0.25) is 0 Å². The summed E-state index contributed by atoms with van der Waals surface area (Å²) in [6.45, 7) is 0.0532. The molecule has 2 amide bonds. The minimum atomic E-state index is -1.02. The smallest absolute Gasteiger partial charge is 0.329 e. The topological polar surface area (TPSA) is 79.8 Å². The molecule has 0 heterocycles. The lowest BCUT2D eigenvalue weighted by Crippen LogP contribution is -2.32. The maximum Gasteiger partial charge on any atom is 0.329 e. The van der Waals surface area contributed by atoms with E-state index in [1.54, 1.807) is 42.5 Å². The van der Waals surface area contributed by atoms with Crippen molar-refractivity contribution >= 4 is 35.3 Å². The van der Waals surface area contributed by atoms with Crippen LogP contribution in [-0.4, -0.2) is 18.0 Å². The van der Waals surface area contributed by atoms with Crippen molar-refractivity contribution in [2.24, 2.45) is 5.10 Å². The fraction of sp³-hybridized carbons (Fsp3) is 0.0455. The molecule has 0 unspecified atom stereocenters. The minimum absolute atomic E-state index is 0.0532. The number of hydrogen-bond donors (Lipinski definition) is 2. The first-order valence-corrected chi connectivity index (χ1v) is 9.36. The van der Waals surface area contributed by atoms with Gasteiger partial charge in [-0.1, -0.05) is 41.9 Å². The van der Waals surface area contributed by atoms with E-state index in [4.69, 9.17) is 16.3 Å². The fourth-order valence-corrected chi connectivity index (χ4v) is 2.62. The Morgan fingerprint density at radius 3 is 2.55 bits per heavy atom. The van der Waals surface area contributed by atoms with Crippen LogP contribution in [0.25, 0.3) is 0 Å². The summed E-state index contributed by atoms with van der Waals surface area (Å²) in [6.07, 6.45) is 1.32. The molecule has 0 saturated heterocycles. The summed E-state index contributed by atoms with van der Waals surface area (Å²) in [5.74, 6) is -2.55. The first-order valence-electron chi connectivity index (χ1n) is 8.98. The SMILES string of the molecule is O=C(N/N=C/c1cccc(OCc2ccccc2F)c1)C(=O)Nc1ccc(F)c(Cl)c1. The van der Waals surface area contributed by atoms with E-state index in [0.717, 1.165) is 6.07 Å². The molecule has 3 rings (SSSR count). The minimum Gasteiger partial charge on any atom is -0.489 e. The van der Waals surface area contributed by atoms with E-state index in [1.165, 1.54) is 24.4 Å². The first kappa shape index (κ1) is 21.9. The molecule has 0 aliphatic carbocycles. The van der Waals surface area contributed by atoms with Crippen LogP contribution in [-0.2, 0) is 16.2 Å². The van der Waals surface area contributed by atoms with Crippen LogP contribution in [0.2, 0.25) is 5.02 Å². The summed E-state index contributed by atoms with van der Waals surface area (Å²) in [6, 6.07) is 16.5. The Hall–Kier alpha value is -3.78. The Kier molecular flexibility index (Phi) is 7.29. The predicted molar refractivity (Wildman–Crippen MR) is 113 cm³/mol. The molecule has 0 radical (unpaired) electrons. The van der Waals surface area contributed by atoms with Crippen molar-refractivity contribution in [1.82, 2.24) is 5.43 Å². The van der Waals surface area contributed by atoms with Crippen molar-refractivity contribution in [3.63, 3.8) is 0 Å². The molecule has 0 saturated carbocycles. The standard InChI is InChI=1S/C22H16ClF2N3O3/c23-18-11-16(8-9-20(18)25)27-21(29)22(30)28-26-12-14-4-3-6-17(10-14)31-13-15-5-1-2-7-19(15)24/h1-12H,13H2,(H,27,29)(H,28,30)/b26-12+. The number of hydrazone groups is 1. The van der Waals surface area contributed by atoms with Crippen molar-refractivity contribution in [1.29, 1.82) is 0 Å². The number of nitrogens with one attached hydrogen (secondary N) is 2. The molecular weight excluding hydrogens is 428 g/mol. The van der Waals surface area contributed by atoms with Crippen LogP contribution in [0.4, 0.5) is 14.5 Å². The Balaban J connectivity index is 1.53. The molecule has 3 aromatic rings. The van der Waals surface area contributed by atoms with E-state index in [9.17, 15) is 18.4 Å². The van der Waals surface area contributed by atoms with Gasteiger partial charge in [0.15, 0.2) is 0 Å². The third-order valence-corrected chi connectivity index (χ3v) is 4.26. The van der Waals surface area contributed by atoms with Gasteiger partial charge >= 0.3 is 11.8 Å². The number of nitrogens with zero attached hydrogens (tertiary/aromatic N) is 1. The summed E-state index contributed by atoms with van der Waals surface area (Å²) in [5.41, 5.74) is 3.24. The molecule has 0 bridgehead atoms. The molecule has 9 heteroatoms. The van der Waals surface area contributed by atoms with Gasteiger partial charge in [-0.05, 0) is 42.0 Å². The Morgan fingerprint density at radius 2 is 1.77 bits per heavy atom. The fourth-order valence-electron chi connectivity index (χ4n) is 2.44. The number of anilines is 1. The molecule has 3 aromatic carbocycles. The van der Waals surface area contributed by atoms with Gasteiger partial charge in [0.25, 0.3) is 0 Å². The third-order valence-electron chi connectivity index (χ3n) is 3.97. The van der Waals surface area contributed by atoms with Crippen LogP contribution in [0, 0.1) is 11.6 Å². The molecule has 0 fully saturated rings. The summed E-state index contributed by atoms with van der Waals surface area (Å²) in [4.78, 5) is 23.7. The lowest BCUT2D eigenvalue weighted by molar-refractivity contribution is -0.136. The number of carbonyl (C=O) groups excluding carboxylic acids is 2. The van der Waals surface area contributed by atoms with Gasteiger partial charge in [0.05, 0.1) is 11.2 Å². The number of amides is 2. The number of carbonyl (C=O) groups is 2. The van der Waals surface area contributed by atoms with Gasteiger partial charge in [-0.25, -0.2) is 14.2 Å².